The van der Waals surface area contributed by atoms with Crippen molar-refractivity contribution in [3.05, 3.63) is 46.1 Å². The molecule has 2 atom stereocenters. The predicted octanol–water partition coefficient (Wildman–Crippen LogP) is 5.89. The zero-order chi connectivity index (χ0) is 21.2. The number of esters is 1. The number of hydrogen-bond acceptors (Lipinski definition) is 4. The lowest BCUT2D eigenvalue weighted by Crippen LogP contribution is -2.39. The number of nitrogens with zero attached hydrogens (tertiary/aromatic N) is 1. The molecule has 2 aliphatic rings. The van der Waals surface area contributed by atoms with Crippen molar-refractivity contribution in [2.75, 3.05) is 6.61 Å². The number of ether oxygens (including phenoxy) is 1. The summed E-state index contributed by atoms with van der Waals surface area (Å²) in [6, 6.07) is 7.44. The van der Waals surface area contributed by atoms with Crippen molar-refractivity contribution in [3.8, 4) is 0 Å². The third-order valence-corrected chi connectivity index (χ3v) is 5.99. The van der Waals surface area contributed by atoms with Crippen LogP contribution in [0.2, 0.25) is 5.02 Å². The highest BCUT2D eigenvalue weighted by atomic mass is 35.5. The SMILES string of the molecule is CCCCCOC(=O)C1C(C)=NC2=C(C(=O)CC(C)(C)C2)[C@H]1c1cccc(Cl)c1. The molecule has 0 saturated heterocycles. The van der Waals surface area contributed by atoms with E-state index in [1.807, 2.05) is 25.1 Å². The lowest BCUT2D eigenvalue weighted by atomic mass is 9.67. The molecule has 0 aromatic heterocycles. The number of aliphatic imine (C=N–C) groups is 1. The van der Waals surface area contributed by atoms with Crippen molar-refractivity contribution in [2.45, 2.75) is 65.7 Å². The van der Waals surface area contributed by atoms with Crippen LogP contribution in [-0.2, 0) is 14.3 Å². The number of carbonyl (C=O) groups excluding carboxylic acids is 2. The number of benzene rings is 1. The van der Waals surface area contributed by atoms with Gasteiger partial charge in [-0.25, -0.2) is 0 Å². The number of rotatable bonds is 6. The van der Waals surface area contributed by atoms with E-state index in [1.54, 1.807) is 6.07 Å². The Morgan fingerprint density at radius 1 is 1.28 bits per heavy atom. The van der Waals surface area contributed by atoms with E-state index in [9.17, 15) is 9.59 Å². The number of carbonyl (C=O) groups is 2. The van der Waals surface area contributed by atoms with Crippen molar-refractivity contribution in [3.63, 3.8) is 0 Å². The van der Waals surface area contributed by atoms with E-state index in [0.717, 1.165) is 36.9 Å². The first kappa shape index (κ1) is 21.8. The monoisotopic (exact) mass is 415 g/mol. The Labute approximate surface area is 178 Å². The first-order valence-electron chi connectivity index (χ1n) is 10.5. The maximum atomic E-state index is 13.2. The quantitative estimate of drug-likeness (QED) is 0.430. The average Bonchev–Trinajstić information content (AvgIpc) is 2.63. The molecule has 1 aromatic rings. The molecule has 0 fully saturated rings. The molecule has 0 N–H and O–H groups in total. The summed E-state index contributed by atoms with van der Waals surface area (Å²) in [5.74, 6) is -1.24. The standard InChI is InChI=1S/C24H30ClNO3/c1-5-6-7-11-29-23(28)20-15(2)26-18-13-24(3,4)14-19(27)22(18)21(20)16-9-8-10-17(25)12-16/h8-10,12,20-21H,5-7,11,13-14H2,1-4H3/t20?,21-/m0/s1. The van der Waals surface area contributed by atoms with Crippen LogP contribution in [0.4, 0.5) is 0 Å². The molecule has 29 heavy (non-hydrogen) atoms. The Morgan fingerprint density at radius 3 is 2.72 bits per heavy atom. The van der Waals surface area contributed by atoms with Crippen molar-refractivity contribution < 1.29 is 14.3 Å². The van der Waals surface area contributed by atoms with Gasteiger partial charge in [0.2, 0.25) is 0 Å². The van der Waals surface area contributed by atoms with Crippen LogP contribution in [0.5, 0.6) is 0 Å². The Balaban J connectivity index is 2.02. The molecule has 1 aliphatic carbocycles. The van der Waals surface area contributed by atoms with E-state index in [1.165, 1.54) is 0 Å². The van der Waals surface area contributed by atoms with Crippen molar-refractivity contribution in [1.29, 1.82) is 0 Å². The second kappa shape index (κ2) is 8.83. The highest BCUT2D eigenvalue weighted by Crippen LogP contribution is 2.48. The maximum absolute atomic E-state index is 13.2. The topological polar surface area (TPSA) is 55.7 Å². The summed E-state index contributed by atoms with van der Waals surface area (Å²) in [6.45, 7) is 8.54. The summed E-state index contributed by atoms with van der Waals surface area (Å²) in [7, 11) is 0. The second-order valence-corrected chi connectivity index (χ2v) is 9.38. The number of hydrogen-bond donors (Lipinski definition) is 0. The number of allylic oxidation sites excluding steroid dienone is 2. The molecule has 5 heteroatoms. The molecule has 0 radical (unpaired) electrons. The minimum absolute atomic E-state index is 0.0706. The molecular formula is C24H30ClNO3. The summed E-state index contributed by atoms with van der Waals surface area (Å²) < 4.78 is 5.61. The molecule has 1 aliphatic heterocycles. The van der Waals surface area contributed by atoms with E-state index >= 15 is 0 Å². The second-order valence-electron chi connectivity index (χ2n) is 8.94. The van der Waals surface area contributed by atoms with E-state index in [0.29, 0.717) is 29.3 Å². The van der Waals surface area contributed by atoms with Gasteiger partial charge in [0, 0.05) is 34.3 Å². The minimum atomic E-state index is -0.598. The lowest BCUT2D eigenvalue weighted by Gasteiger charge is -2.39. The highest BCUT2D eigenvalue weighted by molar-refractivity contribution is 6.30. The molecule has 0 bridgehead atoms. The molecule has 1 heterocycles. The minimum Gasteiger partial charge on any atom is -0.465 e. The normalized spacial score (nSPS) is 23.5. The molecule has 0 saturated carbocycles. The Morgan fingerprint density at radius 2 is 2.03 bits per heavy atom. The Bertz CT molecular complexity index is 869. The highest BCUT2D eigenvalue weighted by Gasteiger charge is 2.46. The fourth-order valence-electron chi connectivity index (χ4n) is 4.43. The smallest absolute Gasteiger partial charge is 0.315 e. The van der Waals surface area contributed by atoms with Gasteiger partial charge in [-0.05, 0) is 42.9 Å². The summed E-state index contributed by atoms with van der Waals surface area (Å²) in [5, 5.41) is 0.587. The van der Waals surface area contributed by atoms with Gasteiger partial charge in [0.1, 0.15) is 5.92 Å². The Kier molecular flexibility index (Phi) is 6.62. The van der Waals surface area contributed by atoms with E-state index in [4.69, 9.17) is 21.3 Å². The van der Waals surface area contributed by atoms with Gasteiger partial charge in [0.25, 0.3) is 0 Å². The molecular weight excluding hydrogens is 386 g/mol. The molecule has 3 rings (SSSR count). The summed E-state index contributed by atoms with van der Waals surface area (Å²) in [6.07, 6.45) is 4.10. The fraction of sp³-hybridized carbons (Fsp3) is 0.542. The van der Waals surface area contributed by atoms with Gasteiger partial charge in [0.05, 0.1) is 6.61 Å². The van der Waals surface area contributed by atoms with Crippen LogP contribution >= 0.6 is 11.6 Å². The largest absolute Gasteiger partial charge is 0.465 e. The van der Waals surface area contributed by atoms with Crippen LogP contribution in [0.1, 0.15) is 71.3 Å². The van der Waals surface area contributed by atoms with Crippen molar-refractivity contribution in [1.82, 2.24) is 0 Å². The van der Waals surface area contributed by atoms with Crippen LogP contribution in [0.15, 0.2) is 40.5 Å². The van der Waals surface area contributed by atoms with E-state index in [-0.39, 0.29) is 17.2 Å². The van der Waals surface area contributed by atoms with Gasteiger partial charge in [-0.2, -0.15) is 0 Å². The van der Waals surface area contributed by atoms with Gasteiger partial charge in [0.15, 0.2) is 5.78 Å². The number of ketones is 1. The predicted molar refractivity (Wildman–Crippen MR) is 116 cm³/mol. The Hall–Kier alpha value is -1.94. The molecule has 1 unspecified atom stereocenters. The van der Waals surface area contributed by atoms with Crippen molar-refractivity contribution >= 4 is 29.1 Å². The summed E-state index contributed by atoms with van der Waals surface area (Å²) in [5.41, 5.74) is 2.91. The van der Waals surface area contributed by atoms with Crippen LogP contribution < -0.4 is 0 Å². The first-order chi connectivity index (χ1) is 13.7. The number of Topliss-reactive ketones (excluding diaryl/α,β-unsaturated/α-hetero) is 1. The first-order valence-corrected chi connectivity index (χ1v) is 10.8. The number of halogens is 1. The summed E-state index contributed by atoms with van der Waals surface area (Å²) >= 11 is 6.26. The van der Waals surface area contributed by atoms with Gasteiger partial charge in [-0.3, -0.25) is 14.6 Å². The van der Waals surface area contributed by atoms with Gasteiger partial charge < -0.3 is 4.74 Å². The molecule has 4 nitrogen and oxygen atoms in total. The van der Waals surface area contributed by atoms with Crippen LogP contribution in [-0.4, -0.2) is 24.1 Å². The lowest BCUT2D eigenvalue weighted by molar-refractivity contribution is -0.146. The van der Waals surface area contributed by atoms with Crippen LogP contribution in [0.3, 0.4) is 0 Å². The van der Waals surface area contributed by atoms with E-state index in [2.05, 4.69) is 20.8 Å². The molecule has 1 aromatic carbocycles. The van der Waals surface area contributed by atoms with Gasteiger partial charge >= 0.3 is 5.97 Å². The maximum Gasteiger partial charge on any atom is 0.315 e. The van der Waals surface area contributed by atoms with Gasteiger partial charge in [-0.1, -0.05) is 57.3 Å². The number of unbranched alkanes of at least 4 members (excludes halogenated alkanes) is 2. The molecule has 0 spiro atoms. The molecule has 0 amide bonds. The van der Waals surface area contributed by atoms with Crippen LogP contribution in [0.25, 0.3) is 0 Å². The summed E-state index contributed by atoms with van der Waals surface area (Å²) in [4.78, 5) is 31.0. The van der Waals surface area contributed by atoms with E-state index < -0.39 is 11.8 Å². The third kappa shape index (κ3) is 4.80. The third-order valence-electron chi connectivity index (χ3n) is 5.76. The zero-order valence-corrected chi connectivity index (χ0v) is 18.5. The van der Waals surface area contributed by atoms with Crippen LogP contribution in [0, 0.1) is 11.3 Å². The van der Waals surface area contributed by atoms with Gasteiger partial charge in [-0.15, -0.1) is 0 Å². The molecule has 156 valence electrons. The zero-order valence-electron chi connectivity index (χ0n) is 17.8. The average molecular weight is 416 g/mol. The van der Waals surface area contributed by atoms with Crippen molar-refractivity contribution in [2.24, 2.45) is 16.3 Å². The fourth-order valence-corrected chi connectivity index (χ4v) is 4.62.